The van der Waals surface area contributed by atoms with Crippen LogP contribution in [-0.2, 0) is 4.74 Å². The molecule has 0 amide bonds. The van der Waals surface area contributed by atoms with Crippen LogP contribution in [0.3, 0.4) is 0 Å². The smallest absolute Gasteiger partial charge is 0.431 e. The lowest BCUT2D eigenvalue weighted by atomic mass is 10.2. The number of rotatable bonds is 7. The number of ether oxygens (including phenoxy) is 3. The second-order valence-electron chi connectivity index (χ2n) is 3.35. The minimum absolute atomic E-state index is 0.408. The van der Waals surface area contributed by atoms with E-state index in [9.17, 15) is 4.79 Å². The number of methoxy groups -OCH3 is 2. The lowest BCUT2D eigenvalue weighted by Crippen LogP contribution is -2.04. The highest BCUT2D eigenvalue weighted by molar-refractivity contribution is 5.86. The molecule has 1 rings (SSSR count). The van der Waals surface area contributed by atoms with E-state index in [2.05, 4.69) is 11.6 Å². The van der Waals surface area contributed by atoms with Gasteiger partial charge in [0.2, 0.25) is 0 Å². The fraction of sp³-hybridized carbons (Fsp3) is 0.417. The summed E-state index contributed by atoms with van der Waals surface area (Å²) < 4.78 is 15.6. The number of benzene rings is 1. The summed E-state index contributed by atoms with van der Waals surface area (Å²) in [6.45, 7) is 1.13. The molecule has 0 heterocycles. The minimum atomic E-state index is -0.408. The van der Waals surface area contributed by atoms with E-state index in [1.54, 1.807) is 32.4 Å². The van der Waals surface area contributed by atoms with Gasteiger partial charge in [-0.25, -0.2) is 4.79 Å². The zero-order valence-electron chi connectivity index (χ0n) is 9.89. The van der Waals surface area contributed by atoms with Gasteiger partial charge in [-0.05, 0) is 12.1 Å². The van der Waals surface area contributed by atoms with Gasteiger partial charge in [0.15, 0.2) is 23.1 Å². The van der Waals surface area contributed by atoms with E-state index in [4.69, 9.17) is 14.2 Å². The molecular formula is C12H16ClO4+. The first-order valence-corrected chi connectivity index (χ1v) is 5.61. The summed E-state index contributed by atoms with van der Waals surface area (Å²) in [5.74, 6) is 1.11. The molecule has 0 aliphatic carbocycles. The highest BCUT2D eigenvalue weighted by Crippen LogP contribution is 2.28. The van der Waals surface area contributed by atoms with E-state index < -0.39 is 5.24 Å². The fourth-order valence-corrected chi connectivity index (χ4v) is 1.43. The quantitative estimate of drug-likeness (QED) is 0.550. The van der Waals surface area contributed by atoms with Gasteiger partial charge < -0.3 is 14.2 Å². The molecule has 4 nitrogen and oxygen atoms in total. The van der Waals surface area contributed by atoms with Crippen LogP contribution in [0.1, 0.15) is 16.8 Å². The van der Waals surface area contributed by atoms with Crippen molar-refractivity contribution in [3.8, 4) is 11.5 Å². The van der Waals surface area contributed by atoms with Crippen molar-refractivity contribution >= 4 is 5.24 Å². The number of halogens is 1. The van der Waals surface area contributed by atoms with Crippen molar-refractivity contribution in [2.75, 3.05) is 27.4 Å². The van der Waals surface area contributed by atoms with E-state index in [0.29, 0.717) is 30.3 Å². The zero-order chi connectivity index (χ0) is 12.7. The first-order valence-electron chi connectivity index (χ1n) is 5.20. The van der Waals surface area contributed by atoms with Crippen LogP contribution in [0.5, 0.6) is 11.5 Å². The summed E-state index contributed by atoms with van der Waals surface area (Å²) in [6, 6.07) is 4.89. The van der Waals surface area contributed by atoms with Gasteiger partial charge in [-0.2, -0.15) is 0 Å². The van der Waals surface area contributed by atoms with Gasteiger partial charge in [-0.1, -0.05) is 0 Å². The highest BCUT2D eigenvalue weighted by atomic mass is 35.5. The van der Waals surface area contributed by atoms with E-state index in [-0.39, 0.29) is 0 Å². The molecule has 0 radical (unpaired) electrons. The average Bonchev–Trinajstić information content (AvgIpc) is 2.34. The molecule has 1 aromatic rings. The molecule has 0 spiro atoms. The van der Waals surface area contributed by atoms with Crippen LogP contribution in [-0.4, -0.2) is 32.7 Å². The Morgan fingerprint density at radius 3 is 2.59 bits per heavy atom. The van der Waals surface area contributed by atoms with Crippen molar-refractivity contribution in [1.29, 1.82) is 0 Å². The Kier molecular flexibility index (Phi) is 5.80. The molecule has 0 aliphatic heterocycles. The van der Waals surface area contributed by atoms with Gasteiger partial charge in [0, 0.05) is 26.2 Å². The van der Waals surface area contributed by atoms with Crippen molar-refractivity contribution in [1.82, 2.24) is 0 Å². The predicted molar refractivity (Wildman–Crippen MR) is 60.7 cm³/mol. The molecule has 0 saturated heterocycles. The molecule has 94 valence electrons. The van der Waals surface area contributed by atoms with Crippen LogP contribution in [0.15, 0.2) is 18.2 Å². The first-order chi connectivity index (χ1) is 8.19. The van der Waals surface area contributed by atoms with Crippen LogP contribution in [0.25, 0.3) is 0 Å². The third kappa shape index (κ3) is 4.24. The van der Waals surface area contributed by atoms with Crippen molar-refractivity contribution < 1.29 is 30.6 Å². The zero-order valence-corrected chi connectivity index (χ0v) is 10.7. The molecule has 0 unspecified atom stereocenters. The molecule has 0 aromatic heterocycles. The van der Waals surface area contributed by atoms with Crippen molar-refractivity contribution in [2.24, 2.45) is 0 Å². The Hall–Kier alpha value is -1.26. The largest absolute Gasteiger partial charge is 0.493 e. The average molecular weight is 260 g/mol. The standard InChI is InChI=1S/C12H16ClO4/c1-15-6-3-7-17-11-8-9(12(13)14)4-5-10(11)16-2/h4-5,8,13H,3,6-7H2,1-2H3/q+1. The van der Waals surface area contributed by atoms with E-state index in [0.717, 1.165) is 6.42 Å². The van der Waals surface area contributed by atoms with Gasteiger partial charge >= 0.3 is 5.24 Å². The minimum Gasteiger partial charge on any atom is -0.493 e. The molecule has 0 fully saturated rings. The van der Waals surface area contributed by atoms with Crippen molar-refractivity contribution in [3.05, 3.63) is 23.8 Å². The SMILES string of the molecule is COCCCOc1cc(C(=O)[ClH+])ccc1OC. The van der Waals surface area contributed by atoms with Gasteiger partial charge in [-0.15, -0.1) is 0 Å². The van der Waals surface area contributed by atoms with Crippen LogP contribution in [0.4, 0.5) is 0 Å². The second-order valence-corrected chi connectivity index (χ2v) is 3.72. The summed E-state index contributed by atoms with van der Waals surface area (Å²) >= 11 is 4.58. The maximum Gasteiger partial charge on any atom is 0.431 e. The molecule has 0 N–H and O–H groups in total. The summed E-state index contributed by atoms with van der Waals surface area (Å²) in [6.07, 6.45) is 0.770. The lowest BCUT2D eigenvalue weighted by molar-refractivity contribution is -0.255. The van der Waals surface area contributed by atoms with Crippen LogP contribution in [0.2, 0.25) is 0 Å². The normalized spacial score (nSPS) is 10.1. The maximum atomic E-state index is 11.1. The molecule has 5 heteroatoms. The van der Waals surface area contributed by atoms with E-state index in [1.165, 1.54) is 0 Å². The fourth-order valence-electron chi connectivity index (χ4n) is 1.30. The molecule has 0 atom stereocenters. The predicted octanol–water partition coefficient (Wildman–Crippen LogP) is 1.53. The van der Waals surface area contributed by atoms with Crippen LogP contribution in [0, 0.1) is 11.6 Å². The summed E-state index contributed by atoms with van der Waals surface area (Å²) in [4.78, 5) is 11.1. The topological polar surface area (TPSA) is 44.8 Å². The molecule has 0 aliphatic rings. The molecular weight excluding hydrogens is 244 g/mol. The molecule has 1 aromatic carbocycles. The second kappa shape index (κ2) is 7.14. The highest BCUT2D eigenvalue weighted by Gasteiger charge is 2.14. The van der Waals surface area contributed by atoms with Gasteiger partial charge in [0.1, 0.15) is 0 Å². The van der Waals surface area contributed by atoms with Crippen molar-refractivity contribution in [2.45, 2.75) is 6.42 Å². The van der Waals surface area contributed by atoms with Crippen LogP contribution >= 0.6 is 0 Å². The third-order valence-electron chi connectivity index (χ3n) is 2.15. The number of hydrogen-bond acceptors (Lipinski definition) is 4. The van der Waals surface area contributed by atoms with Gasteiger partial charge in [0.05, 0.1) is 19.3 Å². The van der Waals surface area contributed by atoms with E-state index in [1.807, 2.05) is 0 Å². The summed E-state index contributed by atoms with van der Waals surface area (Å²) in [5.41, 5.74) is 0.433. The number of carbonyl (C=O) groups is 1. The Morgan fingerprint density at radius 1 is 1.24 bits per heavy atom. The van der Waals surface area contributed by atoms with E-state index >= 15 is 0 Å². The first kappa shape index (κ1) is 13.8. The lowest BCUT2D eigenvalue weighted by Gasteiger charge is -2.10. The summed E-state index contributed by atoms with van der Waals surface area (Å²) in [7, 11) is 3.18. The third-order valence-corrected chi connectivity index (χ3v) is 2.39. The Labute approximate surface area is 105 Å². The molecule has 0 bridgehead atoms. The monoisotopic (exact) mass is 259 g/mol. The Balaban J connectivity index is 2.72. The summed E-state index contributed by atoms with van der Waals surface area (Å²) in [5, 5.41) is -0.408. The van der Waals surface area contributed by atoms with Crippen LogP contribution < -0.4 is 9.47 Å². The Bertz CT molecular complexity index is 379. The Morgan fingerprint density at radius 2 is 2.00 bits per heavy atom. The number of carbonyl (C=O) groups excluding carboxylic acids is 1. The molecule has 0 saturated carbocycles. The van der Waals surface area contributed by atoms with Gasteiger partial charge in [-0.3, -0.25) is 0 Å². The maximum absolute atomic E-state index is 11.1. The number of hydrogen-bond donors (Lipinski definition) is 0. The van der Waals surface area contributed by atoms with Crippen molar-refractivity contribution in [3.63, 3.8) is 0 Å². The molecule has 17 heavy (non-hydrogen) atoms. The van der Waals surface area contributed by atoms with Gasteiger partial charge in [0.25, 0.3) is 0 Å².